The van der Waals surface area contributed by atoms with E-state index in [1.165, 1.54) is 0 Å². The van der Waals surface area contributed by atoms with Gasteiger partial charge in [-0.1, -0.05) is 0 Å². The molecule has 4 heteroatoms. The van der Waals surface area contributed by atoms with Crippen LogP contribution >= 0.6 is 0 Å². The monoisotopic (exact) mass is 230 g/mol. The second kappa shape index (κ2) is 4.05. The van der Waals surface area contributed by atoms with Crippen molar-refractivity contribution in [3.8, 4) is 5.69 Å². The normalized spacial score (nSPS) is 10.5. The lowest BCUT2D eigenvalue weighted by molar-refractivity contribution is -0.384. The Morgan fingerprint density at radius 2 is 1.65 bits per heavy atom. The summed E-state index contributed by atoms with van der Waals surface area (Å²) in [5, 5.41) is 10.7. The molecule has 0 saturated carbocycles. The van der Waals surface area contributed by atoms with E-state index in [2.05, 4.69) is 4.57 Å². The van der Waals surface area contributed by atoms with Crippen molar-refractivity contribution in [3.63, 3.8) is 0 Å². The van der Waals surface area contributed by atoms with Crippen molar-refractivity contribution in [2.45, 2.75) is 20.8 Å². The van der Waals surface area contributed by atoms with E-state index in [9.17, 15) is 10.1 Å². The first-order valence-electron chi connectivity index (χ1n) is 5.41. The van der Waals surface area contributed by atoms with E-state index in [1.807, 2.05) is 32.9 Å². The Hall–Kier alpha value is -2.10. The van der Waals surface area contributed by atoms with E-state index >= 15 is 0 Å². The first kappa shape index (κ1) is 11.4. The Kier molecular flexibility index (Phi) is 2.71. The van der Waals surface area contributed by atoms with Crippen LogP contribution in [0, 0.1) is 30.9 Å². The second-order valence-corrected chi connectivity index (χ2v) is 4.18. The number of benzene rings is 1. The summed E-state index contributed by atoms with van der Waals surface area (Å²) in [6.45, 7) is 5.93. The summed E-state index contributed by atoms with van der Waals surface area (Å²) in [4.78, 5) is 10.3. The van der Waals surface area contributed by atoms with Gasteiger partial charge < -0.3 is 4.57 Å². The molecule has 0 unspecified atom stereocenters. The van der Waals surface area contributed by atoms with Crippen molar-refractivity contribution >= 4 is 5.69 Å². The van der Waals surface area contributed by atoms with Crippen LogP contribution in [0.25, 0.3) is 5.69 Å². The van der Waals surface area contributed by atoms with Crippen molar-refractivity contribution < 1.29 is 4.92 Å². The molecule has 0 aliphatic carbocycles. The zero-order valence-corrected chi connectivity index (χ0v) is 10.1. The Morgan fingerprint density at radius 3 is 2.12 bits per heavy atom. The van der Waals surface area contributed by atoms with Gasteiger partial charge in [0, 0.05) is 29.2 Å². The van der Waals surface area contributed by atoms with Gasteiger partial charge in [0.25, 0.3) is 5.69 Å². The summed E-state index contributed by atoms with van der Waals surface area (Å²) in [7, 11) is 0. The molecule has 1 aromatic carbocycles. The number of aryl methyl sites for hydroxylation is 3. The molecular formula is C13H14N2O2. The Bertz CT molecular complexity index is 566. The largest absolute Gasteiger partial charge is 0.318 e. The highest BCUT2D eigenvalue weighted by Crippen LogP contribution is 2.23. The van der Waals surface area contributed by atoms with Crippen LogP contribution in [0.4, 0.5) is 5.69 Å². The van der Waals surface area contributed by atoms with Gasteiger partial charge in [0.2, 0.25) is 0 Å². The zero-order valence-electron chi connectivity index (χ0n) is 10.1. The third-order valence-corrected chi connectivity index (χ3v) is 2.90. The molecular weight excluding hydrogens is 216 g/mol. The third-order valence-electron chi connectivity index (χ3n) is 2.90. The standard InChI is InChI=1S/C13H14N2O2/c1-9-8-12(15(16)17)6-7-13(9)14-10(2)4-5-11(14)3/h4-8H,1-3H3. The maximum Gasteiger partial charge on any atom is 0.269 e. The maximum atomic E-state index is 10.7. The highest BCUT2D eigenvalue weighted by Gasteiger charge is 2.11. The fraction of sp³-hybridized carbons (Fsp3) is 0.231. The van der Waals surface area contributed by atoms with Gasteiger partial charge in [-0.25, -0.2) is 0 Å². The summed E-state index contributed by atoms with van der Waals surface area (Å²) in [5.74, 6) is 0. The molecule has 0 fully saturated rings. The van der Waals surface area contributed by atoms with Crippen molar-refractivity contribution in [1.29, 1.82) is 0 Å². The molecule has 0 bridgehead atoms. The molecule has 0 aliphatic heterocycles. The van der Waals surface area contributed by atoms with Crippen LogP contribution in [-0.2, 0) is 0 Å². The van der Waals surface area contributed by atoms with E-state index in [0.717, 1.165) is 22.6 Å². The van der Waals surface area contributed by atoms with Crippen molar-refractivity contribution in [2.24, 2.45) is 0 Å². The molecule has 0 atom stereocenters. The smallest absolute Gasteiger partial charge is 0.269 e. The van der Waals surface area contributed by atoms with Crippen LogP contribution < -0.4 is 0 Å². The summed E-state index contributed by atoms with van der Waals surface area (Å²) >= 11 is 0. The third kappa shape index (κ3) is 1.93. The first-order valence-corrected chi connectivity index (χ1v) is 5.41. The number of hydrogen-bond acceptors (Lipinski definition) is 2. The number of nitro benzene ring substituents is 1. The van der Waals surface area contributed by atoms with E-state index in [4.69, 9.17) is 0 Å². The van der Waals surface area contributed by atoms with E-state index in [1.54, 1.807) is 18.2 Å². The number of non-ortho nitro benzene ring substituents is 1. The fourth-order valence-electron chi connectivity index (χ4n) is 2.05. The van der Waals surface area contributed by atoms with Gasteiger partial charge in [-0.15, -0.1) is 0 Å². The lowest BCUT2D eigenvalue weighted by atomic mass is 10.1. The zero-order chi connectivity index (χ0) is 12.6. The summed E-state index contributed by atoms with van der Waals surface area (Å²) < 4.78 is 2.10. The van der Waals surface area contributed by atoms with E-state index in [0.29, 0.717) is 0 Å². The number of nitrogens with zero attached hydrogens (tertiary/aromatic N) is 2. The summed E-state index contributed by atoms with van der Waals surface area (Å²) in [6.07, 6.45) is 0. The van der Waals surface area contributed by atoms with E-state index in [-0.39, 0.29) is 10.6 Å². The lowest BCUT2D eigenvalue weighted by Gasteiger charge is -2.12. The van der Waals surface area contributed by atoms with Gasteiger partial charge in [0.05, 0.1) is 4.92 Å². The van der Waals surface area contributed by atoms with Gasteiger partial charge in [-0.2, -0.15) is 0 Å². The van der Waals surface area contributed by atoms with Crippen molar-refractivity contribution in [3.05, 3.63) is 57.4 Å². The van der Waals surface area contributed by atoms with Crippen LogP contribution in [0.5, 0.6) is 0 Å². The molecule has 0 aliphatic rings. The highest BCUT2D eigenvalue weighted by atomic mass is 16.6. The molecule has 1 heterocycles. The molecule has 0 spiro atoms. The van der Waals surface area contributed by atoms with Gasteiger partial charge >= 0.3 is 0 Å². The Balaban J connectivity index is 2.58. The minimum absolute atomic E-state index is 0.133. The van der Waals surface area contributed by atoms with Crippen LogP contribution in [0.15, 0.2) is 30.3 Å². The predicted octanol–water partition coefficient (Wildman–Crippen LogP) is 3.31. The topological polar surface area (TPSA) is 48.1 Å². The second-order valence-electron chi connectivity index (χ2n) is 4.18. The molecule has 0 amide bonds. The van der Waals surface area contributed by atoms with E-state index < -0.39 is 0 Å². The quantitative estimate of drug-likeness (QED) is 0.587. The summed E-state index contributed by atoms with van der Waals surface area (Å²) in [5.41, 5.74) is 4.28. The predicted molar refractivity (Wildman–Crippen MR) is 66.6 cm³/mol. The molecule has 88 valence electrons. The van der Waals surface area contributed by atoms with Crippen molar-refractivity contribution in [2.75, 3.05) is 0 Å². The van der Waals surface area contributed by atoms with Gasteiger partial charge in [-0.05, 0) is 44.5 Å². The number of hydrogen-bond donors (Lipinski definition) is 0. The molecule has 2 aromatic rings. The number of rotatable bonds is 2. The van der Waals surface area contributed by atoms with Crippen LogP contribution in [0.2, 0.25) is 0 Å². The maximum absolute atomic E-state index is 10.7. The lowest BCUT2D eigenvalue weighted by Crippen LogP contribution is -2.01. The molecule has 0 saturated heterocycles. The average molecular weight is 230 g/mol. The number of nitro groups is 1. The molecule has 0 radical (unpaired) electrons. The molecule has 17 heavy (non-hydrogen) atoms. The fourth-order valence-corrected chi connectivity index (χ4v) is 2.05. The van der Waals surface area contributed by atoms with Crippen LogP contribution in [0.1, 0.15) is 17.0 Å². The minimum atomic E-state index is -0.369. The van der Waals surface area contributed by atoms with Crippen LogP contribution in [-0.4, -0.2) is 9.49 Å². The molecule has 1 aromatic heterocycles. The van der Waals surface area contributed by atoms with Crippen molar-refractivity contribution in [1.82, 2.24) is 4.57 Å². The van der Waals surface area contributed by atoms with Gasteiger partial charge in [0.1, 0.15) is 0 Å². The number of aromatic nitrogens is 1. The minimum Gasteiger partial charge on any atom is -0.318 e. The molecule has 4 nitrogen and oxygen atoms in total. The molecule has 2 rings (SSSR count). The Labute approximate surface area is 99.7 Å². The SMILES string of the molecule is Cc1cc([N+](=O)[O-])ccc1-n1c(C)ccc1C. The van der Waals surface area contributed by atoms with Crippen LogP contribution in [0.3, 0.4) is 0 Å². The Morgan fingerprint density at radius 1 is 1.06 bits per heavy atom. The average Bonchev–Trinajstić information content (AvgIpc) is 2.59. The first-order chi connectivity index (χ1) is 8.00. The van der Waals surface area contributed by atoms with Gasteiger partial charge in [0.15, 0.2) is 0 Å². The molecule has 0 N–H and O–H groups in total. The summed E-state index contributed by atoms with van der Waals surface area (Å²) in [6, 6.07) is 9.02. The highest BCUT2D eigenvalue weighted by molar-refractivity contribution is 5.49. The van der Waals surface area contributed by atoms with Gasteiger partial charge in [-0.3, -0.25) is 10.1 Å².